The maximum atomic E-state index is 16.1. The van der Waals surface area contributed by atoms with E-state index in [-0.39, 0.29) is 43.5 Å². The summed E-state index contributed by atoms with van der Waals surface area (Å²) in [5.41, 5.74) is 8.17. The molecule has 1 saturated heterocycles. The Balaban J connectivity index is 1.39. The molecule has 6 aromatic rings. The smallest absolute Gasteiger partial charge is 0.351 e. The first-order chi connectivity index (χ1) is 30.3. The number of nitrogens with zero attached hydrogens (tertiary/aromatic N) is 6. The molecule has 14 nitrogen and oxygen atoms in total. The largest absolute Gasteiger partial charge is 0.497 e. The zero-order valence-corrected chi connectivity index (χ0v) is 37.3. The third-order valence-electron chi connectivity index (χ3n) is 11.7. The molecule has 1 unspecified atom stereocenters. The van der Waals surface area contributed by atoms with Gasteiger partial charge in [0, 0.05) is 43.5 Å². The molecule has 0 saturated carbocycles. The molecule has 0 radical (unpaired) electrons. The van der Waals surface area contributed by atoms with Crippen LogP contribution in [0.5, 0.6) is 11.5 Å². The SMILES string of the molecule is COc1ccc(C(OC[C@H]2O[C@@H](n3cc(-c4ccn(-c5ccccc5)n4)c(N)nc3=O)C[C@@]2(O)P(=O)(CCC#N)N(C(C)C)C(C)C)(c2ccccc2)c2ccc(OC)cc2)cc1. The maximum Gasteiger partial charge on any atom is 0.351 e. The van der Waals surface area contributed by atoms with Crippen molar-refractivity contribution < 1.29 is 28.6 Å². The molecule has 3 heterocycles. The lowest BCUT2D eigenvalue weighted by Crippen LogP contribution is -2.50. The van der Waals surface area contributed by atoms with Gasteiger partial charge in [-0.15, -0.1) is 0 Å². The number of anilines is 1. The minimum absolute atomic E-state index is 0.0418. The van der Waals surface area contributed by atoms with Crippen molar-refractivity contribution in [3.8, 4) is 34.5 Å². The van der Waals surface area contributed by atoms with Crippen LogP contribution in [0.3, 0.4) is 0 Å². The van der Waals surface area contributed by atoms with Crippen LogP contribution in [0.2, 0.25) is 0 Å². The molecule has 7 rings (SSSR count). The van der Waals surface area contributed by atoms with Gasteiger partial charge in [0.2, 0.25) is 0 Å². The highest BCUT2D eigenvalue weighted by Crippen LogP contribution is 2.68. The van der Waals surface area contributed by atoms with E-state index >= 15 is 4.57 Å². The number of nitrogens with two attached hydrogens (primary N) is 1. The fourth-order valence-electron chi connectivity index (χ4n) is 8.84. The topological polar surface area (TPSA) is 180 Å². The molecule has 15 heteroatoms. The summed E-state index contributed by atoms with van der Waals surface area (Å²) < 4.78 is 46.1. The van der Waals surface area contributed by atoms with Crippen LogP contribution >= 0.6 is 7.29 Å². The van der Waals surface area contributed by atoms with Crippen molar-refractivity contribution in [3.63, 3.8) is 0 Å². The number of rotatable bonds is 17. The van der Waals surface area contributed by atoms with Crippen molar-refractivity contribution in [1.82, 2.24) is 24.0 Å². The fourth-order valence-corrected chi connectivity index (χ4v) is 12.8. The molecule has 2 aromatic heterocycles. The number of aromatic nitrogens is 4. The lowest BCUT2D eigenvalue weighted by Gasteiger charge is -2.47. The molecule has 1 aliphatic rings. The van der Waals surface area contributed by atoms with Crippen molar-refractivity contribution in [2.24, 2.45) is 0 Å². The highest BCUT2D eigenvalue weighted by molar-refractivity contribution is 7.63. The van der Waals surface area contributed by atoms with Crippen molar-refractivity contribution in [2.75, 3.05) is 32.7 Å². The minimum atomic E-state index is -4.02. The number of hydrogen-bond acceptors (Lipinski definition) is 11. The molecule has 0 spiro atoms. The molecular weight excluding hydrogens is 818 g/mol. The van der Waals surface area contributed by atoms with Crippen LogP contribution in [0.25, 0.3) is 16.9 Å². The maximum absolute atomic E-state index is 16.1. The van der Waals surface area contributed by atoms with Gasteiger partial charge in [-0.1, -0.05) is 72.8 Å². The highest BCUT2D eigenvalue weighted by atomic mass is 31.2. The normalized spacial score (nSPS) is 18.7. The second-order valence-corrected chi connectivity index (χ2v) is 19.2. The van der Waals surface area contributed by atoms with Gasteiger partial charge in [0.05, 0.1) is 43.8 Å². The molecule has 0 bridgehead atoms. The van der Waals surface area contributed by atoms with Gasteiger partial charge >= 0.3 is 5.69 Å². The molecule has 63 heavy (non-hydrogen) atoms. The van der Waals surface area contributed by atoms with Gasteiger partial charge in [-0.2, -0.15) is 15.3 Å². The zero-order chi connectivity index (χ0) is 44.9. The average molecular weight is 872 g/mol. The van der Waals surface area contributed by atoms with Gasteiger partial charge < -0.3 is 34.4 Å². The van der Waals surface area contributed by atoms with Gasteiger partial charge in [-0.25, -0.2) is 14.1 Å². The Morgan fingerprint density at radius 2 is 1.46 bits per heavy atom. The van der Waals surface area contributed by atoms with E-state index in [4.69, 9.17) is 29.8 Å². The van der Waals surface area contributed by atoms with E-state index in [1.807, 2.05) is 137 Å². The van der Waals surface area contributed by atoms with E-state index in [0.29, 0.717) is 22.8 Å². The lowest BCUT2D eigenvalue weighted by atomic mass is 9.80. The number of nitriles is 1. The van der Waals surface area contributed by atoms with Crippen LogP contribution in [-0.4, -0.2) is 79.6 Å². The van der Waals surface area contributed by atoms with E-state index in [1.165, 1.54) is 10.8 Å². The summed E-state index contributed by atoms with van der Waals surface area (Å²) in [5.74, 6) is 1.24. The average Bonchev–Trinajstić information content (AvgIpc) is 3.92. The summed E-state index contributed by atoms with van der Waals surface area (Å²) in [6.45, 7) is 7.31. The lowest BCUT2D eigenvalue weighted by molar-refractivity contribution is -0.103. The van der Waals surface area contributed by atoms with Crippen molar-refractivity contribution in [2.45, 2.75) is 75.9 Å². The summed E-state index contributed by atoms with van der Waals surface area (Å²) in [5, 5.41) is 26.0. The second-order valence-electron chi connectivity index (χ2n) is 16.1. The molecule has 3 N–H and O–H groups in total. The Kier molecular flexibility index (Phi) is 13.4. The molecule has 4 aromatic carbocycles. The summed E-state index contributed by atoms with van der Waals surface area (Å²) in [7, 11) is -0.833. The third-order valence-corrected chi connectivity index (χ3v) is 15.9. The molecule has 4 atom stereocenters. The van der Waals surface area contributed by atoms with Crippen LogP contribution < -0.4 is 20.9 Å². The van der Waals surface area contributed by atoms with Gasteiger partial charge in [0.25, 0.3) is 0 Å². The predicted octanol–water partition coefficient (Wildman–Crippen LogP) is 7.99. The Morgan fingerprint density at radius 1 is 0.905 bits per heavy atom. The number of para-hydroxylation sites is 1. The number of benzene rings is 4. The Labute approximate surface area is 367 Å². The Morgan fingerprint density at radius 3 is 2.00 bits per heavy atom. The summed E-state index contributed by atoms with van der Waals surface area (Å²) in [6.07, 6.45) is 0.258. The molecule has 328 valence electrons. The van der Waals surface area contributed by atoms with Crippen LogP contribution in [0.15, 0.2) is 132 Å². The first-order valence-corrected chi connectivity index (χ1v) is 22.8. The van der Waals surface area contributed by atoms with E-state index in [0.717, 1.165) is 22.4 Å². The molecule has 1 fully saturated rings. The molecule has 0 aliphatic carbocycles. The quantitative estimate of drug-likeness (QED) is 0.0668. The van der Waals surface area contributed by atoms with Crippen LogP contribution in [0.4, 0.5) is 5.82 Å². The number of ether oxygens (including phenoxy) is 4. The van der Waals surface area contributed by atoms with Gasteiger partial charge in [-0.05, 0) is 86.8 Å². The number of hydrogen-bond donors (Lipinski definition) is 2. The van der Waals surface area contributed by atoms with Crippen molar-refractivity contribution in [1.29, 1.82) is 5.26 Å². The van der Waals surface area contributed by atoms with Crippen molar-refractivity contribution >= 4 is 13.1 Å². The van der Waals surface area contributed by atoms with Crippen molar-refractivity contribution in [3.05, 3.63) is 155 Å². The molecule has 0 amide bonds. The second kappa shape index (κ2) is 18.7. The summed E-state index contributed by atoms with van der Waals surface area (Å²) in [6, 6.07) is 37.5. The molecule has 1 aliphatic heterocycles. The van der Waals surface area contributed by atoms with Gasteiger partial charge in [0.1, 0.15) is 35.2 Å². The highest BCUT2D eigenvalue weighted by Gasteiger charge is 2.62. The fraction of sp³-hybridized carbons (Fsp3) is 0.333. The zero-order valence-electron chi connectivity index (χ0n) is 36.4. The number of methoxy groups -OCH3 is 2. The van der Waals surface area contributed by atoms with E-state index in [1.54, 1.807) is 35.8 Å². The summed E-state index contributed by atoms with van der Waals surface area (Å²) in [4.78, 5) is 18.1. The molecular formula is C48H54N7O7P. The van der Waals surface area contributed by atoms with Crippen LogP contribution in [0, 0.1) is 11.3 Å². The predicted molar refractivity (Wildman–Crippen MR) is 242 cm³/mol. The standard InChI is InChI=1S/C48H54N7O7P/c1-33(2)55(34(3)4)63(58,29-13-27-49)47(57)30-44(53-31-41(45(50)51-46(53)56)42-26-28-54(52-42)38-16-11-8-12-17-38)62-43(47)32-61-48(35-14-9-7-10-15-35,36-18-22-39(59-5)23-19-36)37-20-24-40(60-6)25-21-37/h7-12,14-26,28,31,33-34,43-44,57H,13,29-30,32H2,1-6H3,(H2,50,51,56)/t43-,44-,47-,63?/m1/s1. The minimum Gasteiger partial charge on any atom is -0.497 e. The summed E-state index contributed by atoms with van der Waals surface area (Å²) >= 11 is 0. The van der Waals surface area contributed by atoms with E-state index in [2.05, 4.69) is 11.1 Å². The number of nitrogen functional groups attached to an aromatic ring is 1. The Bertz CT molecular complexity index is 2580. The van der Waals surface area contributed by atoms with E-state index < -0.39 is 36.3 Å². The van der Waals surface area contributed by atoms with Gasteiger partial charge in [0.15, 0.2) is 12.6 Å². The Hall–Kier alpha value is -6.07. The first kappa shape index (κ1) is 45.0. The van der Waals surface area contributed by atoms with Crippen LogP contribution in [-0.2, 0) is 19.6 Å². The monoisotopic (exact) mass is 871 g/mol. The third kappa shape index (κ3) is 8.55. The van der Waals surface area contributed by atoms with Crippen LogP contribution in [0.1, 0.15) is 63.5 Å². The van der Waals surface area contributed by atoms with Gasteiger partial charge in [-0.3, -0.25) is 4.57 Å². The number of aliphatic hydroxyl groups is 1. The first-order valence-electron chi connectivity index (χ1n) is 20.9. The van der Waals surface area contributed by atoms with E-state index in [9.17, 15) is 15.2 Å².